The Morgan fingerprint density at radius 3 is 2.60 bits per heavy atom. The molecule has 1 fully saturated rings. The van der Waals surface area contributed by atoms with Crippen LogP contribution >= 0.6 is 0 Å². The first-order valence-corrected chi connectivity index (χ1v) is 3.74. The number of likely N-dealkylation sites (N-methyl/N-ethyl adjacent to an activating group) is 1. The van der Waals surface area contributed by atoms with Crippen molar-refractivity contribution in [3.05, 3.63) is 11.6 Å². The molecule has 0 unspecified atom stereocenters. The van der Waals surface area contributed by atoms with E-state index in [9.17, 15) is 4.79 Å². The van der Waals surface area contributed by atoms with Crippen molar-refractivity contribution in [1.29, 1.82) is 0 Å². The van der Waals surface area contributed by atoms with Crippen LogP contribution in [0.1, 0.15) is 25.7 Å². The van der Waals surface area contributed by atoms with Gasteiger partial charge in [-0.25, -0.2) is 0 Å². The molecule has 0 aromatic rings. The fourth-order valence-corrected chi connectivity index (χ4v) is 1.23. The van der Waals surface area contributed by atoms with E-state index in [2.05, 4.69) is 5.32 Å². The van der Waals surface area contributed by atoms with Crippen LogP contribution in [0.5, 0.6) is 0 Å². The summed E-state index contributed by atoms with van der Waals surface area (Å²) in [4.78, 5) is 10.8. The summed E-state index contributed by atoms with van der Waals surface area (Å²) in [5, 5.41) is 2.58. The second-order valence-corrected chi connectivity index (χ2v) is 2.62. The van der Waals surface area contributed by atoms with E-state index in [1.807, 2.05) is 0 Å². The SMILES string of the molecule is CNC(=O)C=C1CCCC1. The summed E-state index contributed by atoms with van der Waals surface area (Å²) >= 11 is 0. The predicted molar refractivity (Wildman–Crippen MR) is 40.6 cm³/mol. The van der Waals surface area contributed by atoms with E-state index in [1.54, 1.807) is 13.1 Å². The van der Waals surface area contributed by atoms with Crippen molar-refractivity contribution < 1.29 is 4.79 Å². The maximum absolute atomic E-state index is 10.8. The van der Waals surface area contributed by atoms with E-state index in [4.69, 9.17) is 0 Å². The summed E-state index contributed by atoms with van der Waals surface area (Å²) in [6.07, 6.45) is 6.47. The molecule has 1 aliphatic rings. The van der Waals surface area contributed by atoms with Gasteiger partial charge in [0.2, 0.25) is 5.91 Å². The Bertz CT molecular complexity index is 153. The molecule has 0 aromatic heterocycles. The van der Waals surface area contributed by atoms with Gasteiger partial charge in [0.05, 0.1) is 0 Å². The topological polar surface area (TPSA) is 29.1 Å². The summed E-state index contributed by atoms with van der Waals surface area (Å²) in [6.45, 7) is 0. The van der Waals surface area contributed by atoms with Crippen LogP contribution in [0, 0.1) is 0 Å². The molecule has 1 amide bonds. The van der Waals surface area contributed by atoms with E-state index in [-0.39, 0.29) is 5.91 Å². The van der Waals surface area contributed by atoms with Crippen LogP contribution in [0.25, 0.3) is 0 Å². The van der Waals surface area contributed by atoms with Gasteiger partial charge >= 0.3 is 0 Å². The molecule has 2 heteroatoms. The Kier molecular flexibility index (Phi) is 2.49. The molecule has 10 heavy (non-hydrogen) atoms. The average Bonchev–Trinajstić information content (AvgIpc) is 2.40. The third-order valence-electron chi connectivity index (χ3n) is 1.83. The average molecular weight is 139 g/mol. The largest absolute Gasteiger partial charge is 0.356 e. The summed E-state index contributed by atoms with van der Waals surface area (Å²) in [6, 6.07) is 0. The smallest absolute Gasteiger partial charge is 0.243 e. The molecule has 0 saturated heterocycles. The lowest BCUT2D eigenvalue weighted by Gasteiger charge is -1.93. The number of hydrogen-bond donors (Lipinski definition) is 1. The first-order chi connectivity index (χ1) is 4.83. The molecule has 0 bridgehead atoms. The highest BCUT2D eigenvalue weighted by atomic mass is 16.1. The summed E-state index contributed by atoms with van der Waals surface area (Å²) in [7, 11) is 1.66. The highest BCUT2D eigenvalue weighted by Gasteiger charge is 2.06. The Balaban J connectivity index is 2.45. The van der Waals surface area contributed by atoms with Crippen molar-refractivity contribution >= 4 is 5.91 Å². The van der Waals surface area contributed by atoms with Crippen LogP contribution in [-0.4, -0.2) is 13.0 Å². The lowest BCUT2D eigenvalue weighted by atomic mass is 10.2. The Hall–Kier alpha value is -0.790. The number of allylic oxidation sites excluding steroid dienone is 1. The third-order valence-corrected chi connectivity index (χ3v) is 1.83. The molecule has 1 N–H and O–H groups in total. The highest BCUT2D eigenvalue weighted by Crippen LogP contribution is 2.22. The standard InChI is InChI=1S/C8H13NO/c1-9-8(10)6-7-4-2-3-5-7/h6H,2-5H2,1H3,(H,9,10). The Morgan fingerprint density at radius 2 is 2.10 bits per heavy atom. The minimum absolute atomic E-state index is 0.0388. The number of carbonyl (C=O) groups excluding carboxylic acids is 1. The predicted octanol–water partition coefficient (Wildman–Crippen LogP) is 1.23. The monoisotopic (exact) mass is 139 g/mol. The van der Waals surface area contributed by atoms with Crippen molar-refractivity contribution in [2.75, 3.05) is 7.05 Å². The van der Waals surface area contributed by atoms with Gasteiger partial charge in [-0.05, 0) is 25.7 Å². The van der Waals surface area contributed by atoms with Crippen LogP contribution in [0.2, 0.25) is 0 Å². The van der Waals surface area contributed by atoms with E-state index in [0.29, 0.717) is 0 Å². The molecule has 0 aromatic carbocycles. The van der Waals surface area contributed by atoms with Gasteiger partial charge in [0.1, 0.15) is 0 Å². The van der Waals surface area contributed by atoms with Crippen LogP contribution in [-0.2, 0) is 4.79 Å². The van der Waals surface area contributed by atoms with Crippen molar-refractivity contribution in [2.45, 2.75) is 25.7 Å². The van der Waals surface area contributed by atoms with Gasteiger partial charge in [0.25, 0.3) is 0 Å². The highest BCUT2D eigenvalue weighted by molar-refractivity contribution is 5.87. The molecule has 0 heterocycles. The van der Waals surface area contributed by atoms with Gasteiger partial charge in [-0.15, -0.1) is 0 Å². The minimum Gasteiger partial charge on any atom is -0.356 e. The Morgan fingerprint density at radius 1 is 1.50 bits per heavy atom. The van der Waals surface area contributed by atoms with E-state index < -0.39 is 0 Å². The molecule has 1 rings (SSSR count). The zero-order valence-electron chi connectivity index (χ0n) is 6.31. The minimum atomic E-state index is 0.0388. The van der Waals surface area contributed by atoms with Crippen molar-refractivity contribution in [3.8, 4) is 0 Å². The molecular formula is C8H13NO. The van der Waals surface area contributed by atoms with E-state index in [1.165, 1.54) is 18.4 Å². The summed E-state index contributed by atoms with van der Waals surface area (Å²) in [5.74, 6) is 0.0388. The second-order valence-electron chi connectivity index (χ2n) is 2.62. The number of amides is 1. The fraction of sp³-hybridized carbons (Fsp3) is 0.625. The molecule has 0 radical (unpaired) electrons. The molecule has 1 saturated carbocycles. The maximum Gasteiger partial charge on any atom is 0.243 e. The quantitative estimate of drug-likeness (QED) is 0.544. The lowest BCUT2D eigenvalue weighted by molar-refractivity contribution is -0.116. The molecule has 56 valence electrons. The molecule has 0 spiro atoms. The van der Waals surface area contributed by atoms with Gasteiger partial charge in [-0.1, -0.05) is 5.57 Å². The lowest BCUT2D eigenvalue weighted by Crippen LogP contribution is -2.14. The van der Waals surface area contributed by atoms with Crippen LogP contribution in [0.3, 0.4) is 0 Å². The number of nitrogens with one attached hydrogen (secondary N) is 1. The number of rotatable bonds is 1. The number of hydrogen-bond acceptors (Lipinski definition) is 1. The number of carbonyl (C=O) groups is 1. The van der Waals surface area contributed by atoms with Crippen LogP contribution in [0.15, 0.2) is 11.6 Å². The van der Waals surface area contributed by atoms with Crippen LogP contribution < -0.4 is 5.32 Å². The first kappa shape index (κ1) is 7.32. The molecular weight excluding hydrogens is 126 g/mol. The van der Waals surface area contributed by atoms with Crippen molar-refractivity contribution in [2.24, 2.45) is 0 Å². The van der Waals surface area contributed by atoms with E-state index in [0.717, 1.165) is 12.8 Å². The van der Waals surface area contributed by atoms with Gasteiger partial charge in [-0.3, -0.25) is 4.79 Å². The van der Waals surface area contributed by atoms with Gasteiger partial charge in [0, 0.05) is 13.1 Å². The second kappa shape index (κ2) is 3.40. The molecule has 0 aliphatic heterocycles. The Labute approximate surface area is 61.3 Å². The molecule has 0 atom stereocenters. The fourth-order valence-electron chi connectivity index (χ4n) is 1.23. The summed E-state index contributed by atoms with van der Waals surface area (Å²) < 4.78 is 0. The molecule has 1 aliphatic carbocycles. The first-order valence-electron chi connectivity index (χ1n) is 3.74. The van der Waals surface area contributed by atoms with Crippen LogP contribution in [0.4, 0.5) is 0 Å². The van der Waals surface area contributed by atoms with Gasteiger partial charge in [0.15, 0.2) is 0 Å². The maximum atomic E-state index is 10.8. The van der Waals surface area contributed by atoms with Gasteiger partial charge in [-0.2, -0.15) is 0 Å². The summed E-state index contributed by atoms with van der Waals surface area (Å²) in [5.41, 5.74) is 1.30. The zero-order valence-corrected chi connectivity index (χ0v) is 6.31. The van der Waals surface area contributed by atoms with E-state index >= 15 is 0 Å². The zero-order chi connectivity index (χ0) is 7.40. The normalized spacial score (nSPS) is 17.1. The molecule has 2 nitrogen and oxygen atoms in total. The van der Waals surface area contributed by atoms with Crippen molar-refractivity contribution in [1.82, 2.24) is 5.32 Å². The van der Waals surface area contributed by atoms with Gasteiger partial charge < -0.3 is 5.32 Å². The third kappa shape index (κ3) is 1.87. The van der Waals surface area contributed by atoms with Crippen molar-refractivity contribution in [3.63, 3.8) is 0 Å².